The number of aromatic nitrogens is 1. The number of anilines is 1. The van der Waals surface area contributed by atoms with E-state index in [2.05, 4.69) is 17.5 Å². The van der Waals surface area contributed by atoms with Gasteiger partial charge in [-0.05, 0) is 43.2 Å². The smallest absolute Gasteiger partial charge is 0.141 e. The average Bonchev–Trinajstić information content (AvgIpc) is 2.72. The first-order valence-corrected chi connectivity index (χ1v) is 6.50. The topological polar surface area (TPSA) is 50.0 Å². The molecule has 0 spiro atoms. The van der Waals surface area contributed by atoms with Crippen molar-refractivity contribution in [1.29, 1.82) is 5.26 Å². The SMILES string of the molecule is COc1ccc(C)cc1NCc1cc(C#N)n(C)c1C. The summed E-state index contributed by atoms with van der Waals surface area (Å²) in [6.45, 7) is 4.73. The van der Waals surface area contributed by atoms with Crippen molar-refractivity contribution in [3.63, 3.8) is 0 Å². The Labute approximate surface area is 119 Å². The fourth-order valence-electron chi connectivity index (χ4n) is 2.20. The van der Waals surface area contributed by atoms with Crippen molar-refractivity contribution < 1.29 is 4.74 Å². The van der Waals surface area contributed by atoms with E-state index in [1.54, 1.807) is 7.11 Å². The summed E-state index contributed by atoms with van der Waals surface area (Å²) in [6.07, 6.45) is 0. The maximum absolute atomic E-state index is 9.05. The molecule has 4 nitrogen and oxygen atoms in total. The van der Waals surface area contributed by atoms with Crippen LogP contribution < -0.4 is 10.1 Å². The third kappa shape index (κ3) is 2.62. The lowest BCUT2D eigenvalue weighted by molar-refractivity contribution is 0.416. The molecule has 1 aromatic carbocycles. The van der Waals surface area contributed by atoms with Gasteiger partial charge in [0.1, 0.15) is 17.5 Å². The lowest BCUT2D eigenvalue weighted by atomic mass is 10.2. The molecule has 1 N–H and O–H groups in total. The zero-order chi connectivity index (χ0) is 14.7. The van der Waals surface area contributed by atoms with Crippen LogP contribution in [0.3, 0.4) is 0 Å². The minimum Gasteiger partial charge on any atom is -0.495 e. The van der Waals surface area contributed by atoms with Gasteiger partial charge in [0.25, 0.3) is 0 Å². The normalized spacial score (nSPS) is 10.2. The summed E-state index contributed by atoms with van der Waals surface area (Å²) in [5, 5.41) is 12.4. The molecule has 2 rings (SSSR count). The number of ether oxygens (including phenoxy) is 1. The van der Waals surface area contributed by atoms with Crippen molar-refractivity contribution in [2.75, 3.05) is 12.4 Å². The second kappa shape index (κ2) is 5.70. The molecular weight excluding hydrogens is 250 g/mol. The summed E-state index contributed by atoms with van der Waals surface area (Å²) in [5.74, 6) is 0.824. The van der Waals surface area contributed by atoms with E-state index in [9.17, 15) is 0 Å². The van der Waals surface area contributed by atoms with E-state index in [4.69, 9.17) is 10.00 Å². The van der Waals surface area contributed by atoms with Crippen LogP contribution in [0.4, 0.5) is 5.69 Å². The second-order valence-electron chi connectivity index (χ2n) is 4.87. The third-order valence-electron chi connectivity index (χ3n) is 3.58. The van der Waals surface area contributed by atoms with E-state index in [0.29, 0.717) is 12.2 Å². The van der Waals surface area contributed by atoms with Crippen molar-refractivity contribution in [3.8, 4) is 11.8 Å². The molecule has 104 valence electrons. The molecule has 0 fully saturated rings. The van der Waals surface area contributed by atoms with Gasteiger partial charge < -0.3 is 14.6 Å². The number of nitriles is 1. The highest BCUT2D eigenvalue weighted by Gasteiger charge is 2.09. The molecule has 1 aromatic heterocycles. The largest absolute Gasteiger partial charge is 0.495 e. The van der Waals surface area contributed by atoms with Crippen LogP contribution in [0, 0.1) is 25.2 Å². The molecule has 2 aromatic rings. The van der Waals surface area contributed by atoms with Crippen LogP contribution in [0.1, 0.15) is 22.5 Å². The first kappa shape index (κ1) is 14.0. The van der Waals surface area contributed by atoms with E-state index in [0.717, 1.165) is 22.7 Å². The van der Waals surface area contributed by atoms with Crippen molar-refractivity contribution >= 4 is 5.69 Å². The van der Waals surface area contributed by atoms with Gasteiger partial charge in [-0.2, -0.15) is 5.26 Å². The lowest BCUT2D eigenvalue weighted by Crippen LogP contribution is -2.03. The van der Waals surface area contributed by atoms with Gasteiger partial charge in [0.2, 0.25) is 0 Å². The van der Waals surface area contributed by atoms with Gasteiger partial charge in [-0.25, -0.2) is 0 Å². The zero-order valence-corrected chi connectivity index (χ0v) is 12.3. The van der Waals surface area contributed by atoms with Gasteiger partial charge in [-0.3, -0.25) is 0 Å². The summed E-state index contributed by atoms with van der Waals surface area (Å²) in [4.78, 5) is 0. The van der Waals surface area contributed by atoms with Crippen LogP contribution in [0.25, 0.3) is 0 Å². The summed E-state index contributed by atoms with van der Waals surface area (Å²) >= 11 is 0. The highest BCUT2D eigenvalue weighted by Crippen LogP contribution is 2.26. The van der Waals surface area contributed by atoms with Crippen LogP contribution in [0.2, 0.25) is 0 Å². The molecule has 0 radical (unpaired) electrons. The van der Waals surface area contributed by atoms with E-state index in [1.165, 1.54) is 5.56 Å². The molecule has 0 aliphatic carbocycles. The molecule has 1 heterocycles. The Bertz CT molecular complexity index is 665. The molecular formula is C16H19N3O. The Hall–Kier alpha value is -2.41. The fraction of sp³-hybridized carbons (Fsp3) is 0.312. The molecule has 4 heteroatoms. The molecule has 0 saturated carbocycles. The minimum absolute atomic E-state index is 0.668. The van der Waals surface area contributed by atoms with E-state index in [1.807, 2.05) is 43.7 Å². The molecule has 0 amide bonds. The first-order chi connectivity index (χ1) is 9.56. The summed E-state index contributed by atoms with van der Waals surface area (Å²) in [6, 6.07) is 10.1. The molecule has 0 bridgehead atoms. The standard InChI is InChI=1S/C16H19N3O/c1-11-5-6-16(20-4)15(7-11)18-10-13-8-14(9-17)19(3)12(13)2/h5-8,18H,10H2,1-4H3. The highest BCUT2D eigenvalue weighted by molar-refractivity contribution is 5.58. The number of benzene rings is 1. The Morgan fingerprint density at radius 3 is 2.65 bits per heavy atom. The van der Waals surface area contributed by atoms with Gasteiger partial charge in [0, 0.05) is 19.3 Å². The van der Waals surface area contributed by atoms with E-state index < -0.39 is 0 Å². The van der Waals surface area contributed by atoms with Gasteiger partial charge in [-0.1, -0.05) is 6.07 Å². The number of rotatable bonds is 4. The quantitative estimate of drug-likeness (QED) is 0.927. The van der Waals surface area contributed by atoms with E-state index in [-0.39, 0.29) is 0 Å². The van der Waals surface area contributed by atoms with Crippen LogP contribution >= 0.6 is 0 Å². The zero-order valence-electron chi connectivity index (χ0n) is 12.3. The van der Waals surface area contributed by atoms with Crippen LogP contribution in [0.15, 0.2) is 24.3 Å². The number of nitrogens with one attached hydrogen (secondary N) is 1. The van der Waals surface area contributed by atoms with Crippen molar-refractivity contribution in [2.45, 2.75) is 20.4 Å². The molecule has 0 aliphatic heterocycles. The Kier molecular flexibility index (Phi) is 3.99. The van der Waals surface area contributed by atoms with Gasteiger partial charge in [0.05, 0.1) is 12.8 Å². The number of nitrogens with zero attached hydrogens (tertiary/aromatic N) is 2. The molecule has 20 heavy (non-hydrogen) atoms. The maximum atomic E-state index is 9.05. The number of aryl methyl sites for hydroxylation is 1. The molecule has 0 saturated heterocycles. The van der Waals surface area contributed by atoms with Crippen molar-refractivity contribution in [1.82, 2.24) is 4.57 Å². The van der Waals surface area contributed by atoms with Crippen LogP contribution in [-0.2, 0) is 13.6 Å². The summed E-state index contributed by atoms with van der Waals surface area (Å²) in [7, 11) is 3.57. The Morgan fingerprint density at radius 1 is 1.30 bits per heavy atom. The summed E-state index contributed by atoms with van der Waals surface area (Å²) < 4.78 is 7.26. The monoisotopic (exact) mass is 269 g/mol. The first-order valence-electron chi connectivity index (χ1n) is 6.50. The fourth-order valence-corrected chi connectivity index (χ4v) is 2.20. The van der Waals surface area contributed by atoms with Crippen molar-refractivity contribution in [2.24, 2.45) is 7.05 Å². The van der Waals surface area contributed by atoms with Crippen LogP contribution in [-0.4, -0.2) is 11.7 Å². The van der Waals surface area contributed by atoms with Gasteiger partial charge >= 0.3 is 0 Å². The minimum atomic E-state index is 0.668. The van der Waals surface area contributed by atoms with Gasteiger partial charge in [-0.15, -0.1) is 0 Å². The van der Waals surface area contributed by atoms with Crippen molar-refractivity contribution in [3.05, 3.63) is 46.8 Å². The molecule has 0 unspecified atom stereocenters. The third-order valence-corrected chi connectivity index (χ3v) is 3.58. The Morgan fingerprint density at radius 2 is 2.05 bits per heavy atom. The second-order valence-corrected chi connectivity index (χ2v) is 4.87. The number of hydrogen-bond acceptors (Lipinski definition) is 3. The number of methoxy groups -OCH3 is 1. The predicted molar refractivity (Wildman–Crippen MR) is 79.9 cm³/mol. The average molecular weight is 269 g/mol. The van der Waals surface area contributed by atoms with E-state index >= 15 is 0 Å². The predicted octanol–water partition coefficient (Wildman–Crippen LogP) is 3.13. The summed E-state index contributed by atoms with van der Waals surface area (Å²) in [5.41, 5.74) is 5.04. The molecule has 0 atom stereocenters. The van der Waals surface area contributed by atoms with Crippen LogP contribution in [0.5, 0.6) is 5.75 Å². The molecule has 0 aliphatic rings. The lowest BCUT2D eigenvalue weighted by Gasteiger charge is -2.12. The number of hydrogen-bond donors (Lipinski definition) is 1. The Balaban J connectivity index is 2.21. The maximum Gasteiger partial charge on any atom is 0.141 e. The highest BCUT2D eigenvalue weighted by atomic mass is 16.5. The van der Waals surface area contributed by atoms with Gasteiger partial charge in [0.15, 0.2) is 0 Å².